The summed E-state index contributed by atoms with van der Waals surface area (Å²) < 4.78 is 43.2. The molecule has 0 radical (unpaired) electrons. The maximum Gasteiger partial charge on any atom is 0.264 e. The third-order valence-electron chi connectivity index (χ3n) is 4.64. The summed E-state index contributed by atoms with van der Waals surface area (Å²) in [7, 11) is 0.446. The summed E-state index contributed by atoms with van der Waals surface area (Å²) >= 11 is 0. The number of hydrazone groups is 1. The third kappa shape index (κ3) is 5.62. The molecule has 1 heterocycles. The van der Waals surface area contributed by atoms with Crippen LogP contribution in [-0.2, 0) is 14.8 Å². The number of hydrogen-bond acceptors (Lipinski definition) is 8. The third-order valence-corrected chi connectivity index (χ3v) is 6.43. The molecule has 1 N–H and O–H groups in total. The van der Waals surface area contributed by atoms with Gasteiger partial charge in [-0.3, -0.25) is 14.1 Å². The molecule has 10 nitrogen and oxygen atoms in total. The second-order valence-electron chi connectivity index (χ2n) is 6.79. The number of ether oxygens (including phenoxy) is 3. The van der Waals surface area contributed by atoms with Gasteiger partial charge >= 0.3 is 0 Å². The zero-order valence-corrected chi connectivity index (χ0v) is 19.7. The van der Waals surface area contributed by atoms with E-state index in [-0.39, 0.29) is 10.6 Å². The first-order valence-corrected chi connectivity index (χ1v) is 11.4. The van der Waals surface area contributed by atoms with Gasteiger partial charge in [0.05, 0.1) is 44.3 Å². The first-order chi connectivity index (χ1) is 16.4. The topological polar surface area (TPSA) is 119 Å². The van der Waals surface area contributed by atoms with Crippen LogP contribution in [0.4, 0.5) is 5.69 Å². The van der Waals surface area contributed by atoms with E-state index in [9.17, 15) is 13.2 Å². The van der Waals surface area contributed by atoms with Gasteiger partial charge in [-0.05, 0) is 36.4 Å². The molecule has 11 heteroatoms. The second kappa shape index (κ2) is 11.1. The summed E-state index contributed by atoms with van der Waals surface area (Å²) in [5.41, 5.74) is 3.16. The van der Waals surface area contributed by atoms with Crippen molar-refractivity contribution in [1.29, 1.82) is 0 Å². The van der Waals surface area contributed by atoms with Crippen LogP contribution in [-0.4, -0.2) is 53.4 Å². The van der Waals surface area contributed by atoms with Crippen molar-refractivity contribution < 1.29 is 27.4 Å². The summed E-state index contributed by atoms with van der Waals surface area (Å²) in [5, 5.41) is 3.94. The minimum absolute atomic E-state index is 0.0487. The van der Waals surface area contributed by atoms with Crippen molar-refractivity contribution in [2.24, 2.45) is 5.10 Å². The van der Waals surface area contributed by atoms with Crippen LogP contribution in [0.3, 0.4) is 0 Å². The van der Waals surface area contributed by atoms with Gasteiger partial charge in [0.2, 0.25) is 5.75 Å². The van der Waals surface area contributed by atoms with E-state index in [0.29, 0.717) is 22.8 Å². The Morgan fingerprint density at radius 2 is 1.71 bits per heavy atom. The lowest BCUT2D eigenvalue weighted by atomic mass is 10.2. The molecule has 0 aliphatic carbocycles. The lowest BCUT2D eigenvalue weighted by Crippen LogP contribution is -2.39. The van der Waals surface area contributed by atoms with Crippen LogP contribution < -0.4 is 23.9 Å². The summed E-state index contributed by atoms with van der Waals surface area (Å²) in [6.07, 6.45) is 4.26. The van der Waals surface area contributed by atoms with E-state index in [4.69, 9.17) is 14.2 Å². The molecule has 0 aliphatic heterocycles. The molecule has 3 rings (SSSR count). The molecular formula is C23H24N4O6S. The van der Waals surface area contributed by atoms with Gasteiger partial charge in [0.1, 0.15) is 6.54 Å². The maximum absolute atomic E-state index is 13.2. The Morgan fingerprint density at radius 1 is 1.03 bits per heavy atom. The second-order valence-corrected chi connectivity index (χ2v) is 8.65. The van der Waals surface area contributed by atoms with Gasteiger partial charge < -0.3 is 14.2 Å². The normalized spacial score (nSPS) is 11.1. The van der Waals surface area contributed by atoms with Crippen LogP contribution in [0.25, 0.3) is 0 Å². The molecule has 3 aromatic rings. The minimum Gasteiger partial charge on any atom is -0.493 e. The van der Waals surface area contributed by atoms with Crippen LogP contribution in [0, 0.1) is 0 Å². The summed E-state index contributed by atoms with van der Waals surface area (Å²) in [4.78, 5) is 16.6. The number of sulfonamides is 1. The number of benzene rings is 2. The van der Waals surface area contributed by atoms with E-state index in [2.05, 4.69) is 15.5 Å². The number of carbonyl (C=O) groups excluding carboxylic acids is 1. The SMILES string of the molecule is COc1cc(/C=N\NC(=O)CN(c2cccnc2)S(=O)(=O)c2ccccc2)cc(OC)c1OC. The number of carbonyl (C=O) groups is 1. The Balaban J connectivity index is 1.80. The summed E-state index contributed by atoms with van der Waals surface area (Å²) in [6, 6.07) is 14.3. The summed E-state index contributed by atoms with van der Waals surface area (Å²) in [6.45, 7) is -0.504. The van der Waals surface area contributed by atoms with Gasteiger partial charge in [-0.1, -0.05) is 18.2 Å². The van der Waals surface area contributed by atoms with E-state index in [1.807, 2.05) is 0 Å². The highest BCUT2D eigenvalue weighted by Gasteiger charge is 2.27. The number of pyridine rings is 1. The highest BCUT2D eigenvalue weighted by molar-refractivity contribution is 7.92. The zero-order valence-electron chi connectivity index (χ0n) is 18.8. The number of amides is 1. The largest absolute Gasteiger partial charge is 0.493 e. The van der Waals surface area contributed by atoms with Crippen LogP contribution in [0.1, 0.15) is 5.56 Å². The molecule has 0 fully saturated rings. The molecule has 34 heavy (non-hydrogen) atoms. The molecule has 0 unspecified atom stereocenters. The number of hydrogen-bond donors (Lipinski definition) is 1. The highest BCUT2D eigenvalue weighted by Crippen LogP contribution is 2.37. The van der Waals surface area contributed by atoms with Crippen molar-refractivity contribution in [3.63, 3.8) is 0 Å². The van der Waals surface area contributed by atoms with Gasteiger partial charge in [-0.25, -0.2) is 13.8 Å². The lowest BCUT2D eigenvalue weighted by molar-refractivity contribution is -0.119. The van der Waals surface area contributed by atoms with E-state index in [1.165, 1.54) is 52.1 Å². The van der Waals surface area contributed by atoms with Gasteiger partial charge in [-0.15, -0.1) is 0 Å². The van der Waals surface area contributed by atoms with E-state index in [0.717, 1.165) is 4.31 Å². The average molecular weight is 485 g/mol. The predicted octanol–water partition coefficient (Wildman–Crippen LogP) is 2.45. The van der Waals surface area contributed by atoms with Gasteiger partial charge in [-0.2, -0.15) is 5.10 Å². The number of rotatable bonds is 10. The molecule has 0 saturated heterocycles. The van der Waals surface area contributed by atoms with Gasteiger partial charge in [0.25, 0.3) is 15.9 Å². The van der Waals surface area contributed by atoms with Crippen molar-refractivity contribution in [1.82, 2.24) is 10.4 Å². The Hall–Kier alpha value is -4.12. The molecule has 0 atom stereocenters. The van der Waals surface area contributed by atoms with Crippen LogP contribution in [0.2, 0.25) is 0 Å². The summed E-state index contributed by atoms with van der Waals surface area (Å²) in [5.74, 6) is 0.620. The molecule has 2 aromatic carbocycles. The first-order valence-electron chi connectivity index (χ1n) is 10.0. The van der Waals surface area contributed by atoms with Crippen LogP contribution in [0.5, 0.6) is 17.2 Å². The average Bonchev–Trinajstić information content (AvgIpc) is 2.87. The van der Waals surface area contributed by atoms with E-state index in [1.54, 1.807) is 42.5 Å². The molecule has 1 amide bonds. The van der Waals surface area contributed by atoms with Crippen molar-refractivity contribution in [2.45, 2.75) is 4.90 Å². The van der Waals surface area contributed by atoms with Gasteiger partial charge in [0, 0.05) is 11.8 Å². The highest BCUT2D eigenvalue weighted by atomic mass is 32.2. The molecule has 1 aromatic heterocycles. The standard InChI is InChI=1S/C23H24N4O6S/c1-31-20-12-17(13-21(32-2)23(20)33-3)14-25-26-22(28)16-27(18-8-7-11-24-15-18)34(29,30)19-9-5-4-6-10-19/h4-15H,16H2,1-3H3,(H,26,28)/b25-14-. The molecule has 0 bridgehead atoms. The fourth-order valence-electron chi connectivity index (χ4n) is 3.06. The number of aromatic nitrogens is 1. The Morgan fingerprint density at radius 3 is 2.26 bits per heavy atom. The Kier molecular flexibility index (Phi) is 8.04. The number of nitrogens with one attached hydrogen (secondary N) is 1. The number of methoxy groups -OCH3 is 3. The quantitative estimate of drug-likeness (QED) is 0.347. The maximum atomic E-state index is 13.2. The Bertz CT molecular complexity index is 1230. The van der Waals surface area contributed by atoms with E-state index < -0.39 is 22.5 Å². The fourth-order valence-corrected chi connectivity index (χ4v) is 4.48. The predicted molar refractivity (Wildman–Crippen MR) is 127 cm³/mol. The van der Waals surface area contributed by atoms with Crippen LogP contribution in [0.15, 0.2) is 77.0 Å². The van der Waals surface area contributed by atoms with Crippen LogP contribution >= 0.6 is 0 Å². The van der Waals surface area contributed by atoms with Crippen molar-refractivity contribution in [3.8, 4) is 17.2 Å². The number of anilines is 1. The molecular weight excluding hydrogens is 460 g/mol. The van der Waals surface area contributed by atoms with Crippen molar-refractivity contribution in [2.75, 3.05) is 32.2 Å². The van der Waals surface area contributed by atoms with Gasteiger partial charge in [0.15, 0.2) is 11.5 Å². The van der Waals surface area contributed by atoms with E-state index >= 15 is 0 Å². The number of nitrogens with zero attached hydrogens (tertiary/aromatic N) is 3. The lowest BCUT2D eigenvalue weighted by Gasteiger charge is -2.23. The first kappa shape index (κ1) is 24.5. The molecule has 178 valence electrons. The van der Waals surface area contributed by atoms with Crippen molar-refractivity contribution >= 4 is 27.8 Å². The molecule has 0 spiro atoms. The molecule has 0 saturated carbocycles. The Labute approximate surface area is 197 Å². The van der Waals surface area contributed by atoms with Crippen molar-refractivity contribution in [3.05, 3.63) is 72.6 Å². The monoisotopic (exact) mass is 484 g/mol. The minimum atomic E-state index is -4.02. The smallest absolute Gasteiger partial charge is 0.264 e. The molecule has 0 aliphatic rings. The fraction of sp³-hybridized carbons (Fsp3) is 0.174. The zero-order chi connectivity index (χ0) is 24.6.